The minimum absolute atomic E-state index is 0.0398. The van der Waals surface area contributed by atoms with E-state index in [0.717, 1.165) is 11.3 Å². The lowest BCUT2D eigenvalue weighted by Crippen LogP contribution is -2.64. The van der Waals surface area contributed by atoms with E-state index in [2.05, 4.69) is 10.6 Å². The Morgan fingerprint density at radius 2 is 1.76 bits per heavy atom. The molecule has 33 heavy (non-hydrogen) atoms. The maximum Gasteiger partial charge on any atom is 0.324 e. The number of ether oxygens (including phenoxy) is 2. The predicted octanol–water partition coefficient (Wildman–Crippen LogP) is 1.90. The topological polar surface area (TPSA) is 100 Å². The first-order valence-electron chi connectivity index (χ1n) is 11.5. The maximum absolute atomic E-state index is 13.0. The zero-order valence-electron chi connectivity index (χ0n) is 20.0. The molecule has 1 aromatic carbocycles. The summed E-state index contributed by atoms with van der Waals surface area (Å²) in [5, 5.41) is 5.88. The summed E-state index contributed by atoms with van der Waals surface area (Å²) in [6.07, 6.45) is 2.31. The number of nitrogens with one attached hydrogen (secondary N) is 2. The fraction of sp³-hybridized carbons (Fsp3) is 0.625. The van der Waals surface area contributed by atoms with E-state index >= 15 is 0 Å². The van der Waals surface area contributed by atoms with Crippen molar-refractivity contribution in [1.82, 2.24) is 15.5 Å². The lowest BCUT2D eigenvalue weighted by atomic mass is 9.79. The molecular formula is C24H36N4O5. The first-order valence-corrected chi connectivity index (χ1v) is 11.5. The molecule has 4 atom stereocenters. The Hall–Kier alpha value is -2.65. The lowest BCUT2D eigenvalue weighted by molar-refractivity contribution is -0.144. The van der Waals surface area contributed by atoms with E-state index in [1.165, 1.54) is 4.90 Å². The summed E-state index contributed by atoms with van der Waals surface area (Å²) in [6, 6.07) is 7.44. The van der Waals surface area contributed by atoms with Crippen LogP contribution in [0.1, 0.15) is 37.7 Å². The Morgan fingerprint density at radius 1 is 1.09 bits per heavy atom. The lowest BCUT2D eigenvalue weighted by Gasteiger charge is -2.44. The van der Waals surface area contributed by atoms with Crippen LogP contribution in [0.5, 0.6) is 0 Å². The van der Waals surface area contributed by atoms with Gasteiger partial charge in [0, 0.05) is 59.6 Å². The van der Waals surface area contributed by atoms with Gasteiger partial charge < -0.3 is 25.0 Å². The smallest absolute Gasteiger partial charge is 0.324 e. The normalized spacial score (nSPS) is 24.8. The molecule has 1 saturated heterocycles. The predicted molar refractivity (Wildman–Crippen MR) is 125 cm³/mol. The number of hydrogen-bond acceptors (Lipinski definition) is 6. The number of imide groups is 1. The zero-order valence-corrected chi connectivity index (χ0v) is 20.0. The van der Waals surface area contributed by atoms with Crippen molar-refractivity contribution >= 4 is 23.5 Å². The molecule has 9 nitrogen and oxygen atoms in total. The van der Waals surface area contributed by atoms with Crippen molar-refractivity contribution in [2.45, 2.75) is 56.9 Å². The molecule has 1 aliphatic heterocycles. The van der Waals surface area contributed by atoms with Crippen molar-refractivity contribution in [3.63, 3.8) is 0 Å². The Morgan fingerprint density at radius 3 is 2.39 bits per heavy atom. The number of hydrogen-bond donors (Lipinski definition) is 2. The average Bonchev–Trinajstić information content (AvgIpc) is 2.81. The van der Waals surface area contributed by atoms with Crippen LogP contribution in [0.2, 0.25) is 0 Å². The van der Waals surface area contributed by atoms with Crippen LogP contribution in [0.3, 0.4) is 0 Å². The van der Waals surface area contributed by atoms with E-state index in [1.54, 1.807) is 14.2 Å². The molecule has 1 aromatic rings. The fourth-order valence-corrected chi connectivity index (χ4v) is 4.57. The van der Waals surface area contributed by atoms with Gasteiger partial charge >= 0.3 is 6.03 Å². The van der Waals surface area contributed by atoms with Gasteiger partial charge in [-0.3, -0.25) is 14.5 Å². The van der Waals surface area contributed by atoms with Gasteiger partial charge in [-0.25, -0.2) is 4.79 Å². The van der Waals surface area contributed by atoms with Crippen molar-refractivity contribution in [1.29, 1.82) is 0 Å². The van der Waals surface area contributed by atoms with Crippen molar-refractivity contribution in [2.75, 3.05) is 39.8 Å². The highest BCUT2D eigenvalue weighted by Crippen LogP contribution is 2.32. The van der Waals surface area contributed by atoms with Gasteiger partial charge in [-0.2, -0.15) is 0 Å². The number of methoxy groups -OCH3 is 2. The van der Waals surface area contributed by atoms with Crippen LogP contribution >= 0.6 is 0 Å². The molecule has 1 aliphatic carbocycles. The Balaban J connectivity index is 1.40. The highest BCUT2D eigenvalue weighted by Gasteiger charge is 2.47. The Bertz CT molecular complexity index is 829. The number of anilines is 1. The van der Waals surface area contributed by atoms with Crippen LogP contribution in [0.4, 0.5) is 10.5 Å². The largest absolute Gasteiger partial charge is 0.379 e. The van der Waals surface area contributed by atoms with E-state index in [0.29, 0.717) is 45.2 Å². The van der Waals surface area contributed by atoms with Gasteiger partial charge in [-0.05, 0) is 43.4 Å². The molecule has 0 spiro atoms. The molecule has 0 bridgehead atoms. The first kappa shape index (κ1) is 25.0. The minimum Gasteiger partial charge on any atom is -0.379 e. The Labute approximate surface area is 195 Å². The molecule has 0 aromatic heterocycles. The van der Waals surface area contributed by atoms with Crippen LogP contribution in [0.15, 0.2) is 24.3 Å². The third-order valence-electron chi connectivity index (χ3n) is 6.59. The van der Waals surface area contributed by atoms with Crippen LogP contribution < -0.4 is 15.5 Å². The van der Waals surface area contributed by atoms with Gasteiger partial charge in [0.2, 0.25) is 11.8 Å². The van der Waals surface area contributed by atoms with Crippen molar-refractivity contribution in [2.24, 2.45) is 5.92 Å². The van der Waals surface area contributed by atoms with E-state index in [-0.39, 0.29) is 42.0 Å². The van der Waals surface area contributed by atoms with Crippen LogP contribution in [-0.4, -0.2) is 75.9 Å². The van der Waals surface area contributed by atoms with Crippen LogP contribution in [0, 0.1) is 5.92 Å². The van der Waals surface area contributed by atoms with E-state index in [4.69, 9.17) is 9.47 Å². The molecule has 2 fully saturated rings. The van der Waals surface area contributed by atoms with Crippen molar-refractivity contribution in [3.8, 4) is 0 Å². The van der Waals surface area contributed by atoms with Gasteiger partial charge in [0.25, 0.3) is 0 Å². The number of unbranched alkanes of at least 4 members (excludes halogenated alkanes) is 1. The number of nitrogens with zero attached hydrogens (tertiary/aromatic N) is 2. The molecule has 2 aliphatic rings. The molecule has 1 saturated carbocycles. The van der Waals surface area contributed by atoms with Gasteiger partial charge in [0.1, 0.15) is 0 Å². The monoisotopic (exact) mass is 460 g/mol. The van der Waals surface area contributed by atoms with Crippen molar-refractivity contribution in [3.05, 3.63) is 29.8 Å². The molecule has 0 radical (unpaired) electrons. The number of rotatable bonds is 10. The zero-order chi connectivity index (χ0) is 24.0. The maximum atomic E-state index is 13.0. The second-order valence-corrected chi connectivity index (χ2v) is 8.97. The minimum atomic E-state index is -0.363. The highest BCUT2D eigenvalue weighted by molar-refractivity contribution is 5.98. The summed E-state index contributed by atoms with van der Waals surface area (Å²) >= 11 is 0. The molecule has 2 N–H and O–H groups in total. The first-order chi connectivity index (χ1) is 15.8. The van der Waals surface area contributed by atoms with Crippen LogP contribution in [-0.2, 0) is 25.6 Å². The summed E-state index contributed by atoms with van der Waals surface area (Å²) in [7, 11) is 7.20. The second-order valence-electron chi connectivity index (χ2n) is 8.97. The molecule has 1 heterocycles. The van der Waals surface area contributed by atoms with Gasteiger partial charge in [0.15, 0.2) is 0 Å². The second kappa shape index (κ2) is 11.5. The standard InChI is InChI=1S/C24H36N4O5/c1-27(2)17-10-8-16(9-11-17)15-25-22(29)7-5-6-12-28-23(30)18-13-20(32-3)21(33-4)14-19(18)26-24(28)31/h8-11,18-21H,5-7,12-15H2,1-4H3,(H,25,29)(H,26,31). The Kier molecular flexibility index (Phi) is 8.68. The third-order valence-corrected chi connectivity index (χ3v) is 6.59. The summed E-state index contributed by atoms with van der Waals surface area (Å²) in [5.74, 6) is -0.505. The molecular weight excluding hydrogens is 424 g/mol. The summed E-state index contributed by atoms with van der Waals surface area (Å²) in [6.45, 7) is 0.782. The number of carbonyl (C=O) groups is 3. The summed E-state index contributed by atoms with van der Waals surface area (Å²) in [5.41, 5.74) is 2.15. The van der Waals surface area contributed by atoms with E-state index in [9.17, 15) is 14.4 Å². The number of amides is 4. The highest BCUT2D eigenvalue weighted by atomic mass is 16.5. The summed E-state index contributed by atoms with van der Waals surface area (Å²) in [4.78, 5) is 41.0. The van der Waals surface area contributed by atoms with E-state index < -0.39 is 0 Å². The molecule has 182 valence electrons. The number of urea groups is 1. The average molecular weight is 461 g/mol. The van der Waals surface area contributed by atoms with Gasteiger partial charge in [0.05, 0.1) is 18.1 Å². The third kappa shape index (κ3) is 6.23. The van der Waals surface area contributed by atoms with Gasteiger partial charge in [-0.1, -0.05) is 12.1 Å². The number of fused-ring (bicyclic) bond motifs is 1. The van der Waals surface area contributed by atoms with Crippen LogP contribution in [0.25, 0.3) is 0 Å². The molecule has 4 amide bonds. The fourth-order valence-electron chi connectivity index (χ4n) is 4.57. The SMILES string of the molecule is COC1CC2NC(=O)N(CCCCC(=O)NCc3ccc(N(C)C)cc3)C(=O)C2CC1OC. The van der Waals surface area contributed by atoms with E-state index in [1.807, 2.05) is 43.3 Å². The number of benzene rings is 1. The quantitative estimate of drug-likeness (QED) is 0.518. The summed E-state index contributed by atoms with van der Waals surface area (Å²) < 4.78 is 11.0. The van der Waals surface area contributed by atoms with Gasteiger partial charge in [-0.15, -0.1) is 0 Å². The van der Waals surface area contributed by atoms with Crippen molar-refractivity contribution < 1.29 is 23.9 Å². The number of carbonyl (C=O) groups excluding carboxylic acids is 3. The molecule has 9 heteroatoms. The molecule has 3 rings (SSSR count). The molecule has 4 unspecified atom stereocenters.